The number of sulfonamides is 1. The minimum Gasteiger partial charge on any atom is -0.452 e. The Labute approximate surface area is 154 Å². The van der Waals surface area contributed by atoms with Crippen LogP contribution in [0.3, 0.4) is 0 Å². The summed E-state index contributed by atoms with van der Waals surface area (Å²) in [5.74, 6) is -1.09. The largest absolute Gasteiger partial charge is 0.452 e. The van der Waals surface area contributed by atoms with Crippen molar-refractivity contribution in [1.29, 1.82) is 0 Å². The number of nitrogens with one attached hydrogen (secondary N) is 1. The molecule has 1 saturated heterocycles. The minimum atomic E-state index is -3.62. The molecule has 0 spiro atoms. The average molecular weight is 382 g/mol. The zero-order valence-corrected chi connectivity index (χ0v) is 15.9. The first-order valence-electron chi connectivity index (χ1n) is 8.99. The molecule has 0 bridgehead atoms. The molecule has 1 N–H and O–H groups in total. The molecule has 7 nitrogen and oxygen atoms in total. The molecule has 0 aromatic heterocycles. The van der Waals surface area contributed by atoms with Crippen molar-refractivity contribution in [1.82, 2.24) is 9.62 Å². The monoisotopic (exact) mass is 382 g/mol. The molecule has 0 atom stereocenters. The first-order chi connectivity index (χ1) is 12.4. The van der Waals surface area contributed by atoms with E-state index < -0.39 is 16.0 Å². The number of hydrogen-bond acceptors (Lipinski definition) is 5. The molecule has 144 valence electrons. The summed E-state index contributed by atoms with van der Waals surface area (Å²) < 4.78 is 31.8. The standard InChI is InChI=1S/C18H26N2O5S/c1-2-3-10-19-17(21)14-25-18(22)15-8-7-9-16(13-15)26(23,24)20-11-5-4-6-12-20/h7-9,13H,2-6,10-12,14H2,1H3,(H,19,21). The maximum Gasteiger partial charge on any atom is 0.338 e. The normalized spacial score (nSPS) is 15.4. The number of nitrogens with zero attached hydrogens (tertiary/aromatic N) is 1. The summed E-state index contributed by atoms with van der Waals surface area (Å²) in [4.78, 5) is 23.8. The second kappa shape index (κ2) is 9.68. The summed E-state index contributed by atoms with van der Waals surface area (Å²) in [6, 6.07) is 5.76. The van der Waals surface area contributed by atoms with Crippen LogP contribution in [0.1, 0.15) is 49.4 Å². The van der Waals surface area contributed by atoms with Crippen molar-refractivity contribution in [2.24, 2.45) is 0 Å². The minimum absolute atomic E-state index is 0.0706. The molecule has 2 rings (SSSR count). The third-order valence-electron chi connectivity index (χ3n) is 4.21. The van der Waals surface area contributed by atoms with Crippen molar-refractivity contribution in [2.75, 3.05) is 26.2 Å². The SMILES string of the molecule is CCCCNC(=O)COC(=O)c1cccc(S(=O)(=O)N2CCCCC2)c1. The van der Waals surface area contributed by atoms with Crippen molar-refractivity contribution < 1.29 is 22.7 Å². The fourth-order valence-electron chi connectivity index (χ4n) is 2.71. The van der Waals surface area contributed by atoms with Gasteiger partial charge in [0.2, 0.25) is 10.0 Å². The first kappa shape index (κ1) is 20.4. The summed E-state index contributed by atoms with van der Waals surface area (Å²) >= 11 is 0. The van der Waals surface area contributed by atoms with Crippen molar-refractivity contribution in [3.05, 3.63) is 29.8 Å². The van der Waals surface area contributed by atoms with Crippen LogP contribution in [0.4, 0.5) is 0 Å². The Morgan fingerprint density at radius 2 is 1.92 bits per heavy atom. The molecule has 1 aliphatic heterocycles. The molecule has 8 heteroatoms. The van der Waals surface area contributed by atoms with Crippen LogP contribution < -0.4 is 5.32 Å². The van der Waals surface area contributed by atoms with E-state index in [2.05, 4.69) is 5.32 Å². The van der Waals surface area contributed by atoms with Crippen LogP contribution in [-0.2, 0) is 19.6 Å². The number of hydrogen-bond donors (Lipinski definition) is 1. The summed E-state index contributed by atoms with van der Waals surface area (Å²) in [7, 11) is -3.62. The van der Waals surface area contributed by atoms with Gasteiger partial charge in [-0.3, -0.25) is 4.79 Å². The molecule has 1 amide bonds. The highest BCUT2D eigenvalue weighted by atomic mass is 32.2. The lowest BCUT2D eigenvalue weighted by molar-refractivity contribution is -0.124. The molecule has 1 aliphatic rings. The highest BCUT2D eigenvalue weighted by molar-refractivity contribution is 7.89. The molecule has 0 saturated carbocycles. The number of carbonyl (C=O) groups excluding carboxylic acids is 2. The zero-order chi connectivity index (χ0) is 19.0. The van der Waals surface area contributed by atoms with Crippen LogP contribution in [0.15, 0.2) is 29.2 Å². The lowest BCUT2D eigenvalue weighted by Crippen LogP contribution is -2.35. The van der Waals surface area contributed by atoms with Crippen molar-refractivity contribution in [2.45, 2.75) is 43.9 Å². The Balaban J connectivity index is 1.99. The van der Waals surface area contributed by atoms with E-state index in [1.165, 1.54) is 28.6 Å². The van der Waals surface area contributed by atoms with Crippen LogP contribution in [0.25, 0.3) is 0 Å². The zero-order valence-electron chi connectivity index (χ0n) is 15.1. The number of carbonyl (C=O) groups is 2. The smallest absolute Gasteiger partial charge is 0.338 e. The Bertz CT molecular complexity index is 727. The molecule has 0 radical (unpaired) electrons. The Morgan fingerprint density at radius 3 is 2.62 bits per heavy atom. The van der Waals surface area contributed by atoms with Crippen molar-refractivity contribution in [3.63, 3.8) is 0 Å². The van der Waals surface area contributed by atoms with Gasteiger partial charge in [-0.25, -0.2) is 13.2 Å². The number of piperidine rings is 1. The lowest BCUT2D eigenvalue weighted by atomic mass is 10.2. The Kier molecular flexibility index (Phi) is 7.59. The molecule has 1 fully saturated rings. The van der Waals surface area contributed by atoms with Crippen LogP contribution in [0.5, 0.6) is 0 Å². The number of benzene rings is 1. The van der Waals surface area contributed by atoms with Gasteiger partial charge in [-0.05, 0) is 37.5 Å². The van der Waals surface area contributed by atoms with Crippen molar-refractivity contribution in [3.8, 4) is 0 Å². The van der Waals surface area contributed by atoms with E-state index in [0.29, 0.717) is 19.6 Å². The number of amides is 1. The van der Waals surface area contributed by atoms with Gasteiger partial charge in [-0.15, -0.1) is 0 Å². The Hall–Kier alpha value is -1.93. The molecule has 1 aromatic rings. The number of unbranched alkanes of at least 4 members (excludes halogenated alkanes) is 1. The molecule has 1 heterocycles. The van der Waals surface area contributed by atoms with E-state index in [9.17, 15) is 18.0 Å². The topological polar surface area (TPSA) is 92.8 Å². The van der Waals surface area contributed by atoms with Crippen LogP contribution in [0, 0.1) is 0 Å². The van der Waals surface area contributed by atoms with E-state index in [1.807, 2.05) is 6.92 Å². The highest BCUT2D eigenvalue weighted by Crippen LogP contribution is 2.21. The van der Waals surface area contributed by atoms with Gasteiger partial charge in [0.25, 0.3) is 5.91 Å². The van der Waals surface area contributed by atoms with Gasteiger partial charge in [0.05, 0.1) is 10.5 Å². The van der Waals surface area contributed by atoms with Gasteiger partial charge < -0.3 is 10.1 Å². The third-order valence-corrected chi connectivity index (χ3v) is 6.10. The van der Waals surface area contributed by atoms with Crippen LogP contribution in [-0.4, -0.2) is 50.8 Å². The molecule has 1 aromatic carbocycles. The highest BCUT2D eigenvalue weighted by Gasteiger charge is 2.26. The predicted molar refractivity (Wildman–Crippen MR) is 97.3 cm³/mol. The Morgan fingerprint density at radius 1 is 1.19 bits per heavy atom. The van der Waals surface area contributed by atoms with E-state index in [-0.39, 0.29) is 23.0 Å². The molecular weight excluding hydrogens is 356 g/mol. The summed E-state index contributed by atoms with van der Waals surface area (Å²) in [6.07, 6.45) is 4.52. The number of rotatable bonds is 8. The maximum absolute atomic E-state index is 12.7. The fourth-order valence-corrected chi connectivity index (χ4v) is 4.27. The van der Waals surface area contributed by atoms with E-state index in [0.717, 1.165) is 32.1 Å². The predicted octanol–water partition coefficient (Wildman–Crippen LogP) is 1.93. The lowest BCUT2D eigenvalue weighted by Gasteiger charge is -2.25. The fraction of sp³-hybridized carbons (Fsp3) is 0.556. The van der Waals surface area contributed by atoms with Gasteiger partial charge in [0, 0.05) is 19.6 Å². The summed E-state index contributed by atoms with van der Waals surface area (Å²) in [5.41, 5.74) is 0.115. The van der Waals surface area contributed by atoms with E-state index in [1.54, 1.807) is 0 Å². The first-order valence-corrected chi connectivity index (χ1v) is 10.4. The van der Waals surface area contributed by atoms with Gasteiger partial charge in [-0.2, -0.15) is 4.31 Å². The number of ether oxygens (including phenoxy) is 1. The van der Waals surface area contributed by atoms with Crippen LogP contribution in [0.2, 0.25) is 0 Å². The van der Waals surface area contributed by atoms with Crippen molar-refractivity contribution >= 4 is 21.9 Å². The molecule has 0 unspecified atom stereocenters. The van der Waals surface area contributed by atoms with Gasteiger partial charge in [0.1, 0.15) is 0 Å². The average Bonchev–Trinajstić information content (AvgIpc) is 2.67. The summed E-state index contributed by atoms with van der Waals surface area (Å²) in [5, 5.41) is 2.65. The second-order valence-electron chi connectivity index (χ2n) is 6.27. The van der Waals surface area contributed by atoms with Crippen LogP contribution >= 0.6 is 0 Å². The molecular formula is C18H26N2O5S. The van der Waals surface area contributed by atoms with Gasteiger partial charge in [0.15, 0.2) is 6.61 Å². The van der Waals surface area contributed by atoms with Gasteiger partial charge >= 0.3 is 5.97 Å². The maximum atomic E-state index is 12.7. The number of esters is 1. The third kappa shape index (κ3) is 5.54. The second-order valence-corrected chi connectivity index (χ2v) is 8.21. The van der Waals surface area contributed by atoms with Gasteiger partial charge in [-0.1, -0.05) is 25.8 Å². The van der Waals surface area contributed by atoms with E-state index >= 15 is 0 Å². The quantitative estimate of drug-likeness (QED) is 0.548. The van der Waals surface area contributed by atoms with E-state index in [4.69, 9.17) is 4.74 Å². The summed E-state index contributed by atoms with van der Waals surface area (Å²) in [6.45, 7) is 3.16. The molecule has 26 heavy (non-hydrogen) atoms. The molecule has 0 aliphatic carbocycles.